The molecule has 152 valence electrons. The topological polar surface area (TPSA) is 109 Å². The highest BCUT2D eigenvalue weighted by molar-refractivity contribution is 6.05. The standard InChI is InChI=1S/C20H19NO8/c1-11(22)12-7-16-17(29-10-28-16)8-13(12)21-18(23)9-27-20(24)19-14(25-2)5-4-6-15(19)26-3/h4-8H,9-10H2,1-3H3,(H,21,23). The number of amides is 1. The number of nitrogens with one attached hydrogen (secondary N) is 1. The molecule has 1 aliphatic rings. The van der Waals surface area contributed by atoms with E-state index < -0.39 is 18.5 Å². The number of hydrogen-bond donors (Lipinski definition) is 1. The van der Waals surface area contributed by atoms with Gasteiger partial charge in [-0.1, -0.05) is 6.07 Å². The van der Waals surface area contributed by atoms with E-state index in [1.807, 2.05) is 0 Å². The van der Waals surface area contributed by atoms with Gasteiger partial charge in [0.25, 0.3) is 5.91 Å². The van der Waals surface area contributed by atoms with Crippen LogP contribution in [0.4, 0.5) is 5.69 Å². The quantitative estimate of drug-likeness (QED) is 0.557. The summed E-state index contributed by atoms with van der Waals surface area (Å²) in [5, 5.41) is 2.55. The minimum absolute atomic E-state index is 0.0302. The third-order valence-electron chi connectivity index (χ3n) is 4.13. The first-order valence-electron chi connectivity index (χ1n) is 8.57. The highest BCUT2D eigenvalue weighted by Gasteiger charge is 2.23. The van der Waals surface area contributed by atoms with Crippen molar-refractivity contribution in [1.82, 2.24) is 0 Å². The van der Waals surface area contributed by atoms with Crippen LogP contribution in [0.3, 0.4) is 0 Å². The van der Waals surface area contributed by atoms with Gasteiger partial charge < -0.3 is 29.0 Å². The van der Waals surface area contributed by atoms with Crippen LogP contribution in [-0.2, 0) is 9.53 Å². The molecule has 1 amide bonds. The van der Waals surface area contributed by atoms with E-state index in [0.29, 0.717) is 11.5 Å². The number of hydrogen-bond acceptors (Lipinski definition) is 8. The number of carbonyl (C=O) groups excluding carboxylic acids is 3. The predicted molar refractivity (Wildman–Crippen MR) is 101 cm³/mol. The zero-order valence-electron chi connectivity index (χ0n) is 16.1. The summed E-state index contributed by atoms with van der Waals surface area (Å²) in [5.41, 5.74) is 0.552. The fraction of sp³-hybridized carbons (Fsp3) is 0.250. The van der Waals surface area contributed by atoms with Crippen molar-refractivity contribution in [2.45, 2.75) is 6.92 Å². The summed E-state index contributed by atoms with van der Waals surface area (Å²) in [6, 6.07) is 7.79. The minimum Gasteiger partial charge on any atom is -0.496 e. The van der Waals surface area contributed by atoms with Crippen LogP contribution in [0.15, 0.2) is 30.3 Å². The average molecular weight is 401 g/mol. The fourth-order valence-electron chi connectivity index (χ4n) is 2.78. The fourth-order valence-corrected chi connectivity index (χ4v) is 2.78. The van der Waals surface area contributed by atoms with Gasteiger partial charge in [-0.3, -0.25) is 9.59 Å². The highest BCUT2D eigenvalue weighted by atomic mass is 16.7. The maximum absolute atomic E-state index is 12.4. The largest absolute Gasteiger partial charge is 0.496 e. The highest BCUT2D eigenvalue weighted by Crippen LogP contribution is 2.37. The number of ether oxygens (including phenoxy) is 5. The smallest absolute Gasteiger partial charge is 0.346 e. The molecule has 0 unspecified atom stereocenters. The lowest BCUT2D eigenvalue weighted by Crippen LogP contribution is -2.22. The lowest BCUT2D eigenvalue weighted by Gasteiger charge is -2.13. The van der Waals surface area contributed by atoms with Crippen molar-refractivity contribution in [2.24, 2.45) is 0 Å². The maximum Gasteiger partial charge on any atom is 0.346 e. The Hall–Kier alpha value is -3.75. The molecular weight excluding hydrogens is 382 g/mol. The van der Waals surface area contributed by atoms with E-state index >= 15 is 0 Å². The van der Waals surface area contributed by atoms with Gasteiger partial charge in [-0.15, -0.1) is 0 Å². The second-order valence-electron chi connectivity index (χ2n) is 5.97. The lowest BCUT2D eigenvalue weighted by molar-refractivity contribution is -0.119. The molecule has 0 fully saturated rings. The Balaban J connectivity index is 1.71. The first-order valence-corrected chi connectivity index (χ1v) is 8.57. The Bertz CT molecular complexity index is 947. The molecule has 0 bridgehead atoms. The Kier molecular flexibility index (Phi) is 5.87. The second kappa shape index (κ2) is 8.51. The Morgan fingerprint density at radius 1 is 1.03 bits per heavy atom. The average Bonchev–Trinajstić information content (AvgIpc) is 3.17. The molecule has 0 atom stereocenters. The molecule has 1 N–H and O–H groups in total. The maximum atomic E-state index is 12.4. The number of rotatable bonds is 7. The summed E-state index contributed by atoms with van der Waals surface area (Å²) < 4.78 is 25.9. The van der Waals surface area contributed by atoms with Gasteiger partial charge in [-0.05, 0) is 25.1 Å². The number of ketones is 1. The summed E-state index contributed by atoms with van der Waals surface area (Å²) in [6.45, 7) is 0.815. The molecule has 2 aromatic rings. The van der Waals surface area contributed by atoms with Crippen LogP contribution in [0.5, 0.6) is 23.0 Å². The molecule has 0 saturated carbocycles. The van der Waals surface area contributed by atoms with E-state index in [4.69, 9.17) is 23.7 Å². The molecule has 9 nitrogen and oxygen atoms in total. The van der Waals surface area contributed by atoms with E-state index in [1.165, 1.54) is 33.3 Å². The SMILES string of the molecule is COc1cccc(OC)c1C(=O)OCC(=O)Nc1cc2c(cc1C(C)=O)OCO2. The van der Waals surface area contributed by atoms with Crippen LogP contribution in [0.25, 0.3) is 0 Å². The molecule has 2 aromatic carbocycles. The number of methoxy groups -OCH3 is 2. The first kappa shape index (κ1) is 20.0. The summed E-state index contributed by atoms with van der Waals surface area (Å²) in [5.74, 6) is -0.354. The van der Waals surface area contributed by atoms with Crippen molar-refractivity contribution in [3.63, 3.8) is 0 Å². The van der Waals surface area contributed by atoms with Crippen LogP contribution in [0, 0.1) is 0 Å². The van der Waals surface area contributed by atoms with Gasteiger partial charge in [-0.25, -0.2) is 4.79 Å². The first-order chi connectivity index (χ1) is 13.9. The van der Waals surface area contributed by atoms with E-state index in [0.717, 1.165) is 0 Å². The predicted octanol–water partition coefficient (Wildman–Crippen LogP) is 2.43. The third-order valence-corrected chi connectivity index (χ3v) is 4.13. The Morgan fingerprint density at radius 2 is 1.66 bits per heavy atom. The van der Waals surface area contributed by atoms with E-state index in [1.54, 1.807) is 18.2 Å². The lowest BCUT2D eigenvalue weighted by atomic mass is 10.1. The van der Waals surface area contributed by atoms with Crippen molar-refractivity contribution in [3.8, 4) is 23.0 Å². The molecule has 9 heteroatoms. The molecule has 0 radical (unpaired) electrons. The zero-order valence-corrected chi connectivity index (χ0v) is 16.1. The van der Waals surface area contributed by atoms with Gasteiger partial charge in [0, 0.05) is 11.6 Å². The van der Waals surface area contributed by atoms with Gasteiger partial charge >= 0.3 is 5.97 Å². The van der Waals surface area contributed by atoms with Crippen molar-refractivity contribution < 1.29 is 38.1 Å². The summed E-state index contributed by atoms with van der Waals surface area (Å²) in [7, 11) is 2.81. The molecule has 0 aliphatic carbocycles. The van der Waals surface area contributed by atoms with E-state index in [9.17, 15) is 14.4 Å². The van der Waals surface area contributed by atoms with Crippen LogP contribution >= 0.6 is 0 Å². The van der Waals surface area contributed by atoms with Gasteiger partial charge in [-0.2, -0.15) is 0 Å². The van der Waals surface area contributed by atoms with Crippen LogP contribution in [-0.4, -0.2) is 45.3 Å². The van der Waals surface area contributed by atoms with Crippen molar-refractivity contribution >= 4 is 23.3 Å². The molecule has 0 spiro atoms. The minimum atomic E-state index is -0.785. The molecule has 1 aliphatic heterocycles. The number of Topliss-reactive ketones (excluding diaryl/α,β-unsaturated/α-hetero) is 1. The van der Waals surface area contributed by atoms with Crippen LogP contribution < -0.4 is 24.3 Å². The Labute approximate surface area is 166 Å². The van der Waals surface area contributed by atoms with Crippen LogP contribution in [0.2, 0.25) is 0 Å². The van der Waals surface area contributed by atoms with Crippen molar-refractivity contribution in [1.29, 1.82) is 0 Å². The molecule has 0 saturated heterocycles. The second-order valence-corrected chi connectivity index (χ2v) is 5.97. The van der Waals surface area contributed by atoms with Crippen molar-refractivity contribution in [2.75, 3.05) is 32.9 Å². The van der Waals surface area contributed by atoms with Gasteiger partial charge in [0.1, 0.15) is 17.1 Å². The number of fused-ring (bicyclic) bond motifs is 1. The summed E-state index contributed by atoms with van der Waals surface area (Å²) >= 11 is 0. The van der Waals surface area contributed by atoms with E-state index in [2.05, 4.69) is 5.32 Å². The Morgan fingerprint density at radius 3 is 2.24 bits per heavy atom. The third kappa shape index (κ3) is 4.23. The number of benzene rings is 2. The number of esters is 1. The monoisotopic (exact) mass is 401 g/mol. The normalized spacial score (nSPS) is 11.6. The molecular formula is C20H19NO8. The van der Waals surface area contributed by atoms with Gasteiger partial charge in [0.15, 0.2) is 23.9 Å². The molecule has 0 aromatic heterocycles. The summed E-state index contributed by atoms with van der Waals surface area (Å²) in [4.78, 5) is 36.6. The molecule has 1 heterocycles. The van der Waals surface area contributed by atoms with Gasteiger partial charge in [0.2, 0.25) is 6.79 Å². The van der Waals surface area contributed by atoms with Gasteiger partial charge in [0.05, 0.1) is 19.9 Å². The summed E-state index contributed by atoms with van der Waals surface area (Å²) in [6.07, 6.45) is 0. The van der Waals surface area contributed by atoms with Crippen molar-refractivity contribution in [3.05, 3.63) is 41.5 Å². The molecule has 29 heavy (non-hydrogen) atoms. The van der Waals surface area contributed by atoms with Crippen LogP contribution in [0.1, 0.15) is 27.6 Å². The molecule has 3 rings (SSSR count). The zero-order chi connectivity index (χ0) is 21.0. The number of carbonyl (C=O) groups is 3. The number of anilines is 1. The van der Waals surface area contributed by atoms with E-state index in [-0.39, 0.29) is 40.9 Å².